The molecule has 1 heterocycles. The molecule has 3 nitrogen and oxygen atoms in total. The van der Waals surface area contributed by atoms with Gasteiger partial charge in [-0.3, -0.25) is 10.1 Å². The van der Waals surface area contributed by atoms with E-state index in [0.717, 1.165) is 16.9 Å². The van der Waals surface area contributed by atoms with Crippen molar-refractivity contribution in [3.8, 4) is 0 Å². The van der Waals surface area contributed by atoms with E-state index >= 15 is 0 Å². The van der Waals surface area contributed by atoms with Crippen LogP contribution in [0.2, 0.25) is 0 Å². The van der Waals surface area contributed by atoms with E-state index in [1.54, 1.807) is 17.8 Å². The van der Waals surface area contributed by atoms with Crippen LogP contribution < -0.4 is 5.32 Å². The van der Waals surface area contributed by atoms with Gasteiger partial charge in [0.25, 0.3) is 0 Å². The monoisotopic (exact) mass is 255 g/mol. The molecule has 0 aromatic heterocycles. The van der Waals surface area contributed by atoms with Gasteiger partial charge in [0.1, 0.15) is 11.9 Å². The summed E-state index contributed by atoms with van der Waals surface area (Å²) in [6.45, 7) is 1.84. The highest BCUT2D eigenvalue weighted by Gasteiger charge is 2.27. The minimum Gasteiger partial charge on any atom is -0.480 e. The molecule has 92 valence electrons. The summed E-state index contributed by atoms with van der Waals surface area (Å²) >= 11 is 1.66. The lowest BCUT2D eigenvalue weighted by molar-refractivity contribution is -0.139. The van der Waals surface area contributed by atoms with Crippen molar-refractivity contribution in [1.29, 1.82) is 0 Å². The van der Waals surface area contributed by atoms with Crippen molar-refractivity contribution in [2.24, 2.45) is 0 Å². The normalized spacial score (nSPS) is 24.6. The Labute approximate surface area is 103 Å². The van der Waals surface area contributed by atoms with Crippen molar-refractivity contribution in [2.45, 2.75) is 24.8 Å². The summed E-state index contributed by atoms with van der Waals surface area (Å²) in [6.07, 6.45) is 0.622. The number of aliphatic carboxylic acids is 1. The van der Waals surface area contributed by atoms with Crippen LogP contribution in [-0.4, -0.2) is 22.9 Å². The first-order chi connectivity index (χ1) is 8.08. The standard InChI is InChI=1S/C12H14FNO2S/c1-7-6-8(13)2-3-9(7)11-14-10(12(15)16)4-5-17-11/h2-3,6,10-11,14H,4-5H2,1H3,(H,15,16). The largest absolute Gasteiger partial charge is 0.480 e. The van der Waals surface area contributed by atoms with Crippen LogP contribution in [0.4, 0.5) is 4.39 Å². The van der Waals surface area contributed by atoms with Crippen LogP contribution >= 0.6 is 11.8 Å². The molecule has 0 aliphatic carbocycles. The summed E-state index contributed by atoms with van der Waals surface area (Å²) in [6, 6.07) is 4.10. The van der Waals surface area contributed by atoms with Gasteiger partial charge in [-0.15, -0.1) is 11.8 Å². The lowest BCUT2D eigenvalue weighted by Crippen LogP contribution is -2.41. The van der Waals surface area contributed by atoms with Crippen LogP contribution in [0, 0.1) is 12.7 Å². The number of nitrogens with one attached hydrogen (secondary N) is 1. The molecule has 0 bridgehead atoms. The average Bonchev–Trinajstić information content (AvgIpc) is 2.29. The molecule has 0 saturated carbocycles. The quantitative estimate of drug-likeness (QED) is 0.851. The maximum absolute atomic E-state index is 13.0. The first kappa shape index (κ1) is 12.4. The Morgan fingerprint density at radius 2 is 2.35 bits per heavy atom. The van der Waals surface area contributed by atoms with Crippen LogP contribution in [-0.2, 0) is 4.79 Å². The van der Waals surface area contributed by atoms with E-state index in [-0.39, 0.29) is 11.2 Å². The zero-order chi connectivity index (χ0) is 12.4. The summed E-state index contributed by atoms with van der Waals surface area (Å²) in [5.74, 6) is -0.289. The molecular formula is C12H14FNO2S. The molecule has 1 aliphatic rings. The van der Waals surface area contributed by atoms with Gasteiger partial charge >= 0.3 is 5.97 Å². The van der Waals surface area contributed by atoms with Crippen molar-refractivity contribution in [3.05, 3.63) is 35.1 Å². The van der Waals surface area contributed by atoms with Crippen LogP contribution in [0.25, 0.3) is 0 Å². The number of hydrogen-bond donors (Lipinski definition) is 2. The van der Waals surface area contributed by atoms with Gasteiger partial charge in [0.05, 0.1) is 5.37 Å². The fraction of sp³-hybridized carbons (Fsp3) is 0.417. The van der Waals surface area contributed by atoms with Crippen molar-refractivity contribution in [2.75, 3.05) is 5.75 Å². The third kappa shape index (κ3) is 2.79. The van der Waals surface area contributed by atoms with E-state index in [2.05, 4.69) is 5.32 Å². The molecule has 1 aliphatic heterocycles. The van der Waals surface area contributed by atoms with E-state index in [9.17, 15) is 9.18 Å². The number of aryl methyl sites for hydroxylation is 1. The lowest BCUT2D eigenvalue weighted by atomic mass is 10.1. The molecule has 2 N–H and O–H groups in total. The zero-order valence-corrected chi connectivity index (χ0v) is 10.3. The number of carboxylic acids is 1. The Morgan fingerprint density at radius 1 is 1.59 bits per heavy atom. The molecule has 1 fully saturated rings. The Hall–Kier alpha value is -1.07. The molecule has 5 heteroatoms. The van der Waals surface area contributed by atoms with Crippen LogP contribution in [0.15, 0.2) is 18.2 Å². The second-order valence-electron chi connectivity index (χ2n) is 4.10. The number of halogens is 1. The first-order valence-corrected chi connectivity index (χ1v) is 6.49. The topological polar surface area (TPSA) is 49.3 Å². The first-order valence-electron chi connectivity index (χ1n) is 5.44. The summed E-state index contributed by atoms with van der Waals surface area (Å²) in [5.41, 5.74) is 1.81. The van der Waals surface area contributed by atoms with Crippen molar-refractivity contribution in [3.63, 3.8) is 0 Å². The number of thioether (sulfide) groups is 1. The van der Waals surface area contributed by atoms with E-state index in [1.165, 1.54) is 12.1 Å². The number of benzene rings is 1. The second-order valence-corrected chi connectivity index (χ2v) is 5.31. The van der Waals surface area contributed by atoms with Gasteiger partial charge in [0.2, 0.25) is 0 Å². The number of rotatable bonds is 2. The van der Waals surface area contributed by atoms with Crippen molar-refractivity contribution < 1.29 is 14.3 Å². The van der Waals surface area contributed by atoms with Crippen molar-refractivity contribution in [1.82, 2.24) is 5.32 Å². The molecule has 17 heavy (non-hydrogen) atoms. The average molecular weight is 255 g/mol. The molecule has 1 aromatic rings. The van der Waals surface area contributed by atoms with Crippen LogP contribution in [0.5, 0.6) is 0 Å². The van der Waals surface area contributed by atoms with E-state index in [4.69, 9.17) is 5.11 Å². The number of carboxylic acid groups (broad SMARTS) is 1. The summed E-state index contributed by atoms with van der Waals surface area (Å²) in [4.78, 5) is 10.9. The van der Waals surface area contributed by atoms with E-state index in [0.29, 0.717) is 6.42 Å². The van der Waals surface area contributed by atoms with Gasteiger partial charge in [-0.05, 0) is 42.4 Å². The smallest absolute Gasteiger partial charge is 0.320 e. The molecule has 2 rings (SSSR count). The van der Waals surface area contributed by atoms with Crippen LogP contribution in [0.3, 0.4) is 0 Å². The highest BCUT2D eigenvalue weighted by molar-refractivity contribution is 7.99. The third-order valence-corrected chi connectivity index (χ3v) is 4.05. The predicted molar refractivity (Wildman–Crippen MR) is 65.5 cm³/mol. The molecule has 2 unspecified atom stereocenters. The van der Waals surface area contributed by atoms with Crippen LogP contribution in [0.1, 0.15) is 22.9 Å². The summed E-state index contributed by atoms with van der Waals surface area (Å²) in [7, 11) is 0. The van der Waals surface area contributed by atoms with Gasteiger partial charge in [-0.25, -0.2) is 4.39 Å². The highest BCUT2D eigenvalue weighted by atomic mass is 32.2. The third-order valence-electron chi connectivity index (χ3n) is 2.86. The maximum Gasteiger partial charge on any atom is 0.320 e. The Balaban J connectivity index is 2.19. The van der Waals surface area contributed by atoms with Gasteiger partial charge < -0.3 is 5.11 Å². The molecule has 1 saturated heterocycles. The molecular weight excluding hydrogens is 241 g/mol. The molecule has 0 spiro atoms. The second kappa shape index (κ2) is 5.06. The minimum atomic E-state index is -0.824. The summed E-state index contributed by atoms with van der Waals surface area (Å²) < 4.78 is 13.0. The van der Waals surface area contributed by atoms with Gasteiger partial charge in [0, 0.05) is 0 Å². The Kier molecular flexibility index (Phi) is 3.69. The fourth-order valence-corrected chi connectivity index (χ4v) is 3.24. The Bertz CT molecular complexity index is 439. The zero-order valence-electron chi connectivity index (χ0n) is 9.44. The summed E-state index contributed by atoms with van der Waals surface area (Å²) in [5, 5.41) is 12.0. The Morgan fingerprint density at radius 3 is 3.00 bits per heavy atom. The fourth-order valence-electron chi connectivity index (χ4n) is 1.93. The van der Waals surface area contributed by atoms with Gasteiger partial charge in [-0.2, -0.15) is 0 Å². The SMILES string of the molecule is Cc1cc(F)ccc1C1NC(C(=O)O)CCS1. The van der Waals surface area contributed by atoms with Crippen molar-refractivity contribution >= 4 is 17.7 Å². The van der Waals surface area contributed by atoms with Gasteiger partial charge in [-0.1, -0.05) is 6.07 Å². The molecule has 0 radical (unpaired) electrons. The highest BCUT2D eigenvalue weighted by Crippen LogP contribution is 2.33. The van der Waals surface area contributed by atoms with Gasteiger partial charge in [0.15, 0.2) is 0 Å². The molecule has 2 atom stereocenters. The maximum atomic E-state index is 13.0. The van der Waals surface area contributed by atoms with E-state index < -0.39 is 12.0 Å². The lowest BCUT2D eigenvalue weighted by Gasteiger charge is -2.29. The predicted octanol–water partition coefficient (Wildman–Crippen LogP) is 2.31. The minimum absolute atomic E-state index is 0.0644. The number of hydrogen-bond acceptors (Lipinski definition) is 3. The number of carbonyl (C=O) groups is 1. The molecule has 1 aromatic carbocycles. The molecule has 0 amide bonds. The van der Waals surface area contributed by atoms with E-state index in [1.807, 2.05) is 6.92 Å².